The fourth-order valence-corrected chi connectivity index (χ4v) is 1.52. The number of rotatable bonds is 5. The Bertz CT molecular complexity index is 550. The summed E-state index contributed by atoms with van der Waals surface area (Å²) in [6.07, 6.45) is 1.73. The SMILES string of the molecule is CCNc1ccc(NC(=O)Cc2nonc2C)cn1. The van der Waals surface area contributed by atoms with Gasteiger partial charge in [-0.2, -0.15) is 0 Å². The second-order valence-electron chi connectivity index (χ2n) is 3.98. The quantitative estimate of drug-likeness (QED) is 0.844. The van der Waals surface area contributed by atoms with Crippen LogP contribution < -0.4 is 10.6 Å². The molecule has 2 N–H and O–H groups in total. The maximum absolute atomic E-state index is 11.8. The zero-order valence-corrected chi connectivity index (χ0v) is 10.8. The number of pyridine rings is 1. The number of nitrogens with one attached hydrogen (secondary N) is 2. The van der Waals surface area contributed by atoms with E-state index in [9.17, 15) is 4.79 Å². The lowest BCUT2D eigenvalue weighted by atomic mass is 10.2. The second kappa shape index (κ2) is 5.94. The Labute approximate surface area is 110 Å². The van der Waals surface area contributed by atoms with Gasteiger partial charge in [-0.05, 0) is 26.0 Å². The summed E-state index contributed by atoms with van der Waals surface area (Å²) >= 11 is 0. The first-order valence-electron chi connectivity index (χ1n) is 5.97. The average molecular weight is 261 g/mol. The minimum atomic E-state index is -0.184. The third-order valence-corrected chi connectivity index (χ3v) is 2.48. The highest BCUT2D eigenvalue weighted by atomic mass is 16.6. The van der Waals surface area contributed by atoms with Gasteiger partial charge in [-0.25, -0.2) is 9.61 Å². The van der Waals surface area contributed by atoms with Crippen molar-refractivity contribution >= 4 is 17.4 Å². The van der Waals surface area contributed by atoms with Crippen LogP contribution in [0.5, 0.6) is 0 Å². The molecule has 100 valence electrons. The number of carbonyl (C=O) groups excluding carboxylic acids is 1. The van der Waals surface area contributed by atoms with Crippen LogP contribution in [0.3, 0.4) is 0 Å². The van der Waals surface area contributed by atoms with Crippen LogP contribution in [0, 0.1) is 6.92 Å². The number of amides is 1. The van der Waals surface area contributed by atoms with Crippen LogP contribution in [0.1, 0.15) is 18.3 Å². The molecule has 1 amide bonds. The number of carbonyl (C=O) groups is 1. The van der Waals surface area contributed by atoms with Crippen molar-refractivity contribution in [3.63, 3.8) is 0 Å². The van der Waals surface area contributed by atoms with Gasteiger partial charge in [-0.15, -0.1) is 0 Å². The summed E-state index contributed by atoms with van der Waals surface area (Å²) in [5, 5.41) is 13.1. The van der Waals surface area contributed by atoms with Gasteiger partial charge in [-0.3, -0.25) is 4.79 Å². The predicted molar refractivity (Wildman–Crippen MR) is 69.8 cm³/mol. The van der Waals surface area contributed by atoms with E-state index in [1.807, 2.05) is 13.0 Å². The highest BCUT2D eigenvalue weighted by molar-refractivity contribution is 5.92. The lowest BCUT2D eigenvalue weighted by Crippen LogP contribution is -2.15. The van der Waals surface area contributed by atoms with Crippen molar-refractivity contribution in [2.24, 2.45) is 0 Å². The van der Waals surface area contributed by atoms with E-state index in [-0.39, 0.29) is 12.3 Å². The molecule has 0 aliphatic heterocycles. The predicted octanol–water partition coefficient (Wildman–Crippen LogP) is 1.39. The van der Waals surface area contributed by atoms with Crippen LogP contribution in [0.4, 0.5) is 11.5 Å². The number of anilines is 2. The van der Waals surface area contributed by atoms with E-state index in [2.05, 4.69) is 30.6 Å². The number of hydrogen-bond donors (Lipinski definition) is 2. The summed E-state index contributed by atoms with van der Waals surface area (Å²) in [4.78, 5) is 15.9. The molecule has 0 saturated heterocycles. The van der Waals surface area contributed by atoms with E-state index >= 15 is 0 Å². The fourth-order valence-electron chi connectivity index (χ4n) is 1.52. The molecular weight excluding hydrogens is 246 g/mol. The summed E-state index contributed by atoms with van der Waals surface area (Å²) in [6, 6.07) is 3.60. The maximum atomic E-state index is 11.8. The smallest absolute Gasteiger partial charge is 0.230 e. The van der Waals surface area contributed by atoms with Gasteiger partial charge in [0.05, 0.1) is 18.3 Å². The van der Waals surface area contributed by atoms with Gasteiger partial charge in [0.15, 0.2) is 0 Å². The molecule has 0 aliphatic rings. The molecule has 2 aromatic rings. The molecule has 19 heavy (non-hydrogen) atoms. The number of aryl methyl sites for hydroxylation is 1. The van der Waals surface area contributed by atoms with Crippen LogP contribution in [-0.2, 0) is 11.2 Å². The van der Waals surface area contributed by atoms with E-state index in [1.54, 1.807) is 19.2 Å². The van der Waals surface area contributed by atoms with Crippen LogP contribution in [0.15, 0.2) is 23.0 Å². The van der Waals surface area contributed by atoms with Crippen LogP contribution in [0.25, 0.3) is 0 Å². The highest BCUT2D eigenvalue weighted by Crippen LogP contribution is 2.10. The van der Waals surface area contributed by atoms with Crippen LogP contribution >= 0.6 is 0 Å². The fraction of sp³-hybridized carbons (Fsp3) is 0.333. The molecule has 0 atom stereocenters. The molecule has 7 heteroatoms. The standard InChI is InChI=1S/C12H15N5O2/c1-3-13-11-5-4-9(7-14-11)15-12(18)6-10-8(2)16-19-17-10/h4-5,7H,3,6H2,1-2H3,(H,13,14)(H,15,18). The van der Waals surface area contributed by atoms with Crippen LogP contribution in [0.2, 0.25) is 0 Å². The van der Waals surface area contributed by atoms with Crippen molar-refractivity contribution in [1.29, 1.82) is 0 Å². The lowest BCUT2D eigenvalue weighted by molar-refractivity contribution is -0.115. The number of hydrogen-bond acceptors (Lipinski definition) is 6. The molecule has 2 rings (SSSR count). The minimum Gasteiger partial charge on any atom is -0.370 e. The van der Waals surface area contributed by atoms with E-state index in [0.717, 1.165) is 12.4 Å². The Kier molecular flexibility index (Phi) is 4.07. The number of nitrogens with zero attached hydrogens (tertiary/aromatic N) is 3. The van der Waals surface area contributed by atoms with E-state index in [4.69, 9.17) is 0 Å². The summed E-state index contributed by atoms with van der Waals surface area (Å²) in [5.74, 6) is 0.592. The number of aromatic nitrogens is 3. The zero-order chi connectivity index (χ0) is 13.7. The topological polar surface area (TPSA) is 92.9 Å². The van der Waals surface area contributed by atoms with Gasteiger partial charge < -0.3 is 10.6 Å². The third-order valence-electron chi connectivity index (χ3n) is 2.48. The lowest BCUT2D eigenvalue weighted by Gasteiger charge is -2.05. The van der Waals surface area contributed by atoms with Crippen LogP contribution in [-0.4, -0.2) is 27.7 Å². The van der Waals surface area contributed by atoms with Crippen molar-refractivity contribution in [3.8, 4) is 0 Å². The van der Waals surface area contributed by atoms with Gasteiger partial charge >= 0.3 is 0 Å². The first-order valence-corrected chi connectivity index (χ1v) is 5.97. The second-order valence-corrected chi connectivity index (χ2v) is 3.98. The van der Waals surface area contributed by atoms with Gasteiger partial charge in [0.25, 0.3) is 0 Å². The molecule has 2 heterocycles. The first-order chi connectivity index (χ1) is 9.19. The summed E-state index contributed by atoms with van der Waals surface area (Å²) < 4.78 is 4.54. The van der Waals surface area contributed by atoms with Gasteiger partial charge in [0.1, 0.15) is 17.2 Å². The molecule has 0 bridgehead atoms. The monoisotopic (exact) mass is 261 g/mol. The summed E-state index contributed by atoms with van der Waals surface area (Å²) in [6.45, 7) is 4.54. The average Bonchev–Trinajstić information content (AvgIpc) is 2.78. The molecule has 0 fully saturated rings. The molecule has 7 nitrogen and oxygen atoms in total. The summed E-state index contributed by atoms with van der Waals surface area (Å²) in [5.41, 5.74) is 1.80. The Hall–Kier alpha value is -2.44. The van der Waals surface area contributed by atoms with Crippen molar-refractivity contribution in [2.45, 2.75) is 20.3 Å². The van der Waals surface area contributed by atoms with Crippen molar-refractivity contribution in [1.82, 2.24) is 15.3 Å². The molecule has 0 spiro atoms. The maximum Gasteiger partial charge on any atom is 0.230 e. The zero-order valence-electron chi connectivity index (χ0n) is 10.8. The highest BCUT2D eigenvalue weighted by Gasteiger charge is 2.11. The molecule has 0 unspecified atom stereocenters. The summed E-state index contributed by atoms with van der Waals surface area (Å²) in [7, 11) is 0. The van der Waals surface area contributed by atoms with Gasteiger partial charge in [0, 0.05) is 6.54 Å². The normalized spacial score (nSPS) is 10.2. The van der Waals surface area contributed by atoms with Crippen molar-refractivity contribution in [3.05, 3.63) is 29.7 Å². The van der Waals surface area contributed by atoms with Crippen molar-refractivity contribution < 1.29 is 9.42 Å². The van der Waals surface area contributed by atoms with Gasteiger partial charge in [0.2, 0.25) is 5.91 Å². The molecule has 0 radical (unpaired) electrons. The Morgan fingerprint density at radius 1 is 1.37 bits per heavy atom. The van der Waals surface area contributed by atoms with E-state index in [0.29, 0.717) is 17.1 Å². The molecular formula is C12H15N5O2. The minimum absolute atomic E-state index is 0.129. The Balaban J connectivity index is 1.93. The largest absolute Gasteiger partial charge is 0.370 e. The molecule has 2 aromatic heterocycles. The van der Waals surface area contributed by atoms with E-state index in [1.165, 1.54) is 0 Å². The molecule has 0 saturated carbocycles. The molecule has 0 aromatic carbocycles. The van der Waals surface area contributed by atoms with E-state index < -0.39 is 0 Å². The Morgan fingerprint density at radius 3 is 2.79 bits per heavy atom. The Morgan fingerprint density at radius 2 is 2.21 bits per heavy atom. The third kappa shape index (κ3) is 3.51. The van der Waals surface area contributed by atoms with Crippen molar-refractivity contribution in [2.75, 3.05) is 17.2 Å². The first kappa shape index (κ1) is 13.0. The molecule has 0 aliphatic carbocycles. The van der Waals surface area contributed by atoms with Gasteiger partial charge in [-0.1, -0.05) is 10.3 Å².